The predicted octanol–water partition coefficient (Wildman–Crippen LogP) is 6.44. The van der Waals surface area contributed by atoms with Crippen LogP contribution in [0.5, 0.6) is 0 Å². The summed E-state index contributed by atoms with van der Waals surface area (Å²) in [5.41, 5.74) is 6.52. The van der Waals surface area contributed by atoms with E-state index in [1.54, 1.807) is 0 Å². The molecule has 0 bridgehead atoms. The molecule has 0 N–H and O–H groups in total. The molecule has 0 aliphatic heterocycles. The third-order valence-corrected chi connectivity index (χ3v) is 5.41. The van der Waals surface area contributed by atoms with E-state index in [4.69, 9.17) is 10.1 Å². The van der Waals surface area contributed by atoms with Gasteiger partial charge in [-0.15, -0.1) is 0 Å². The Morgan fingerprint density at radius 1 is 0.871 bits per heavy atom. The highest BCUT2D eigenvalue weighted by molar-refractivity contribution is 5.83. The lowest BCUT2D eigenvalue weighted by Crippen LogP contribution is -2.21. The fourth-order valence-corrected chi connectivity index (χ4v) is 3.59. The van der Waals surface area contributed by atoms with E-state index in [1.807, 2.05) is 47.3 Å². The van der Waals surface area contributed by atoms with Gasteiger partial charge in [0.15, 0.2) is 5.82 Å². The summed E-state index contributed by atoms with van der Waals surface area (Å²) in [5.74, 6) is 0.801. The van der Waals surface area contributed by atoms with Gasteiger partial charge in [-0.05, 0) is 50.6 Å². The third-order valence-electron chi connectivity index (χ3n) is 5.41. The topological polar surface area (TPSA) is 33.4 Å². The van der Waals surface area contributed by atoms with E-state index in [9.17, 15) is 0 Å². The number of para-hydroxylation sites is 1. The highest BCUT2D eigenvalue weighted by Gasteiger charge is 2.10. The highest BCUT2D eigenvalue weighted by atomic mass is 15.3. The van der Waals surface area contributed by atoms with Crippen LogP contribution < -0.4 is 4.90 Å². The Kier molecular flexibility index (Phi) is 6.27. The van der Waals surface area contributed by atoms with Gasteiger partial charge in [0, 0.05) is 36.6 Å². The minimum absolute atomic E-state index is 0.801. The van der Waals surface area contributed by atoms with Gasteiger partial charge >= 0.3 is 0 Å². The number of nitrogens with zero attached hydrogens (tertiary/aromatic N) is 4. The van der Waals surface area contributed by atoms with Crippen molar-refractivity contribution in [3.05, 3.63) is 96.1 Å². The molecule has 1 aromatic heterocycles. The summed E-state index contributed by atoms with van der Waals surface area (Å²) >= 11 is 0. The van der Waals surface area contributed by atoms with Gasteiger partial charge < -0.3 is 4.90 Å². The van der Waals surface area contributed by atoms with E-state index in [0.29, 0.717) is 0 Å². The highest BCUT2D eigenvalue weighted by Crippen LogP contribution is 2.27. The quantitative estimate of drug-likeness (QED) is 0.330. The van der Waals surface area contributed by atoms with Crippen molar-refractivity contribution >= 4 is 17.7 Å². The largest absolute Gasteiger partial charge is 0.372 e. The van der Waals surface area contributed by atoms with Crippen LogP contribution >= 0.6 is 0 Å². The molecule has 0 unspecified atom stereocenters. The lowest BCUT2D eigenvalue weighted by atomic mass is 10.1. The number of rotatable bonds is 7. The zero-order valence-corrected chi connectivity index (χ0v) is 18.4. The normalized spacial score (nSPS) is 11.2. The first-order chi connectivity index (χ1) is 15.2. The van der Waals surface area contributed by atoms with Crippen LogP contribution in [0.15, 0.2) is 89.9 Å². The van der Waals surface area contributed by atoms with Crippen molar-refractivity contribution in [3.8, 4) is 16.9 Å². The summed E-state index contributed by atoms with van der Waals surface area (Å²) in [5, 5.41) is 4.85. The molecule has 4 aromatic rings. The minimum atomic E-state index is 0.801. The second kappa shape index (κ2) is 9.43. The lowest BCUT2D eigenvalue weighted by Gasteiger charge is -2.20. The first-order valence-corrected chi connectivity index (χ1v) is 10.8. The Morgan fingerprint density at radius 3 is 2.19 bits per heavy atom. The standard InChI is InChI=1S/C27H28N4/c1-4-30(5-2)24-17-13-22(14-18-24)20-28-27-19-26(23-15-11-21(3)12-16-23)29-31(27)25-9-7-6-8-10-25/h6-20H,4-5H2,1-3H3/b28-20+. The number of benzene rings is 3. The van der Waals surface area contributed by atoms with Crippen molar-refractivity contribution in [2.24, 2.45) is 4.99 Å². The summed E-state index contributed by atoms with van der Waals surface area (Å²) in [6.45, 7) is 8.45. The molecule has 156 valence electrons. The maximum absolute atomic E-state index is 4.85. The van der Waals surface area contributed by atoms with Crippen LogP contribution in [0.1, 0.15) is 25.0 Å². The van der Waals surface area contributed by atoms with Crippen LogP contribution in [0.25, 0.3) is 16.9 Å². The molecule has 0 aliphatic carbocycles. The van der Waals surface area contributed by atoms with Crippen molar-refractivity contribution in [2.45, 2.75) is 20.8 Å². The Bertz CT molecular complexity index is 1140. The molecule has 4 nitrogen and oxygen atoms in total. The van der Waals surface area contributed by atoms with E-state index in [1.165, 1.54) is 11.3 Å². The number of hydrogen-bond donors (Lipinski definition) is 0. The molecule has 0 radical (unpaired) electrons. The summed E-state index contributed by atoms with van der Waals surface area (Å²) in [7, 11) is 0. The molecule has 0 saturated carbocycles. The third kappa shape index (κ3) is 4.75. The van der Waals surface area contributed by atoms with Crippen LogP contribution in [0, 0.1) is 6.92 Å². The first kappa shape index (κ1) is 20.6. The average Bonchev–Trinajstić information content (AvgIpc) is 3.25. The van der Waals surface area contributed by atoms with Crippen molar-refractivity contribution in [3.63, 3.8) is 0 Å². The molecule has 0 atom stereocenters. The van der Waals surface area contributed by atoms with Crippen molar-refractivity contribution < 1.29 is 0 Å². The van der Waals surface area contributed by atoms with Gasteiger partial charge in [0.05, 0.1) is 11.4 Å². The Labute approximate surface area is 184 Å². The summed E-state index contributed by atoms with van der Waals surface area (Å²) in [6.07, 6.45) is 1.90. The van der Waals surface area contributed by atoms with Crippen LogP contribution in [0.2, 0.25) is 0 Å². The second-order valence-electron chi connectivity index (χ2n) is 7.52. The molecular weight excluding hydrogens is 380 g/mol. The first-order valence-electron chi connectivity index (χ1n) is 10.8. The summed E-state index contributed by atoms with van der Waals surface area (Å²) < 4.78 is 1.90. The van der Waals surface area contributed by atoms with Crippen molar-refractivity contribution in [1.29, 1.82) is 0 Å². The molecule has 0 saturated heterocycles. The zero-order chi connectivity index (χ0) is 21.6. The van der Waals surface area contributed by atoms with Gasteiger partial charge in [0.1, 0.15) is 0 Å². The molecule has 4 rings (SSSR count). The van der Waals surface area contributed by atoms with Gasteiger partial charge in [-0.2, -0.15) is 5.10 Å². The molecule has 0 aliphatic rings. The number of anilines is 1. The fourth-order valence-electron chi connectivity index (χ4n) is 3.59. The molecule has 3 aromatic carbocycles. The average molecular weight is 409 g/mol. The van der Waals surface area contributed by atoms with E-state index in [0.717, 1.165) is 41.4 Å². The molecule has 0 spiro atoms. The monoisotopic (exact) mass is 408 g/mol. The van der Waals surface area contributed by atoms with Gasteiger partial charge in [0.2, 0.25) is 0 Å². The maximum Gasteiger partial charge on any atom is 0.156 e. The van der Waals surface area contributed by atoms with E-state index in [2.05, 4.69) is 74.2 Å². The van der Waals surface area contributed by atoms with Gasteiger partial charge in [-0.3, -0.25) is 0 Å². The molecule has 4 heteroatoms. The second-order valence-corrected chi connectivity index (χ2v) is 7.52. The van der Waals surface area contributed by atoms with Crippen LogP contribution in [0.4, 0.5) is 11.5 Å². The van der Waals surface area contributed by atoms with Crippen molar-refractivity contribution in [1.82, 2.24) is 9.78 Å². The summed E-state index contributed by atoms with van der Waals surface area (Å²) in [4.78, 5) is 7.13. The number of aliphatic imine (C=N–C) groups is 1. The molecule has 1 heterocycles. The Balaban J connectivity index is 1.67. The minimum Gasteiger partial charge on any atom is -0.372 e. The number of aryl methyl sites for hydroxylation is 1. The Hall–Kier alpha value is -3.66. The van der Waals surface area contributed by atoms with E-state index < -0.39 is 0 Å². The van der Waals surface area contributed by atoms with Gasteiger partial charge in [0.25, 0.3) is 0 Å². The van der Waals surface area contributed by atoms with Crippen molar-refractivity contribution in [2.75, 3.05) is 18.0 Å². The van der Waals surface area contributed by atoms with Crippen LogP contribution in [0.3, 0.4) is 0 Å². The van der Waals surface area contributed by atoms with Crippen LogP contribution in [-0.2, 0) is 0 Å². The van der Waals surface area contributed by atoms with Gasteiger partial charge in [-0.1, -0.05) is 60.2 Å². The van der Waals surface area contributed by atoms with Gasteiger partial charge in [-0.25, -0.2) is 9.67 Å². The number of hydrogen-bond acceptors (Lipinski definition) is 3. The predicted molar refractivity (Wildman–Crippen MR) is 131 cm³/mol. The molecular formula is C27H28N4. The SMILES string of the molecule is CCN(CC)c1ccc(/C=N/c2cc(-c3ccc(C)cc3)nn2-c2ccccc2)cc1. The lowest BCUT2D eigenvalue weighted by molar-refractivity contribution is 0.866. The Morgan fingerprint density at radius 2 is 1.55 bits per heavy atom. The molecule has 0 amide bonds. The van der Waals surface area contributed by atoms with Crippen LogP contribution in [-0.4, -0.2) is 29.1 Å². The molecule has 31 heavy (non-hydrogen) atoms. The number of aromatic nitrogens is 2. The molecule has 0 fully saturated rings. The van der Waals surface area contributed by atoms with E-state index >= 15 is 0 Å². The maximum atomic E-state index is 4.85. The summed E-state index contributed by atoms with van der Waals surface area (Å²) in [6, 6.07) is 29.1. The van der Waals surface area contributed by atoms with E-state index in [-0.39, 0.29) is 0 Å². The fraction of sp³-hybridized carbons (Fsp3) is 0.185. The zero-order valence-electron chi connectivity index (χ0n) is 18.4. The smallest absolute Gasteiger partial charge is 0.156 e.